The van der Waals surface area contributed by atoms with Gasteiger partial charge in [0.2, 0.25) is 0 Å². The maximum atomic E-state index is 11.2. The Kier molecular flexibility index (Phi) is 13.7. The molecule has 0 atom stereocenters. The Bertz CT molecular complexity index is 387. The van der Waals surface area contributed by atoms with Crippen molar-refractivity contribution in [1.82, 2.24) is 19.6 Å². The summed E-state index contributed by atoms with van der Waals surface area (Å²) in [5.41, 5.74) is 0. The van der Waals surface area contributed by atoms with Crippen LogP contribution in [0.25, 0.3) is 0 Å². The van der Waals surface area contributed by atoms with Gasteiger partial charge in [-0.2, -0.15) is 0 Å². The number of carboxylic acid groups (broad SMARTS) is 1. The Morgan fingerprint density at radius 1 is 0.778 bits per heavy atom. The van der Waals surface area contributed by atoms with E-state index < -0.39 is 5.97 Å². The van der Waals surface area contributed by atoms with Gasteiger partial charge in [-0.3, -0.25) is 14.6 Å². The predicted octanol–water partition coefficient (Wildman–Crippen LogP) is 0.691. The van der Waals surface area contributed by atoms with Crippen LogP contribution in [-0.4, -0.2) is 123 Å². The van der Waals surface area contributed by atoms with Gasteiger partial charge in [-0.25, -0.2) is 9.78 Å². The molecule has 8 nitrogen and oxygen atoms in total. The molecule has 0 aromatic carbocycles. The molecule has 1 aliphatic rings. The highest BCUT2D eigenvalue weighted by atomic mass is 17.2. The van der Waals surface area contributed by atoms with Gasteiger partial charge >= 0.3 is 5.97 Å². The van der Waals surface area contributed by atoms with E-state index >= 15 is 0 Å². The molecule has 0 saturated carbocycles. The van der Waals surface area contributed by atoms with Crippen molar-refractivity contribution in [2.45, 2.75) is 26.7 Å². The lowest BCUT2D eigenvalue weighted by Crippen LogP contribution is -2.47. The van der Waals surface area contributed by atoms with E-state index in [0.29, 0.717) is 6.61 Å². The summed E-state index contributed by atoms with van der Waals surface area (Å²) in [5, 5.41) is 9.24. The zero-order chi connectivity index (χ0) is 19.9. The van der Waals surface area contributed by atoms with Crippen molar-refractivity contribution in [3.8, 4) is 0 Å². The first-order valence-corrected chi connectivity index (χ1v) is 10.4. The fourth-order valence-corrected chi connectivity index (χ4v) is 3.48. The first-order valence-electron chi connectivity index (χ1n) is 10.4. The second-order valence-corrected chi connectivity index (χ2v) is 7.18. The summed E-state index contributed by atoms with van der Waals surface area (Å²) in [6.07, 6.45) is 2.28. The third-order valence-corrected chi connectivity index (χ3v) is 4.98. The normalized spacial score (nSPS) is 20.3. The van der Waals surface area contributed by atoms with Gasteiger partial charge in [-0.1, -0.05) is 13.8 Å². The molecule has 8 heteroatoms. The van der Waals surface area contributed by atoms with Crippen LogP contribution in [0, 0.1) is 0 Å². The molecule has 0 radical (unpaired) electrons. The molecule has 27 heavy (non-hydrogen) atoms. The number of hydrogen-bond donors (Lipinski definition) is 1. The van der Waals surface area contributed by atoms with E-state index in [4.69, 9.17) is 9.78 Å². The molecular weight excluding hydrogens is 348 g/mol. The summed E-state index contributed by atoms with van der Waals surface area (Å²) in [6.45, 7) is 15.4. The highest BCUT2D eigenvalue weighted by Crippen LogP contribution is 2.02. The van der Waals surface area contributed by atoms with Crippen LogP contribution >= 0.6 is 0 Å². The van der Waals surface area contributed by atoms with Crippen LogP contribution in [0.3, 0.4) is 0 Å². The minimum atomic E-state index is -0.757. The fraction of sp³-hybridized carbons (Fsp3) is 0.947. The third kappa shape index (κ3) is 11.6. The Morgan fingerprint density at radius 2 is 1.19 bits per heavy atom. The molecule has 1 saturated heterocycles. The van der Waals surface area contributed by atoms with Gasteiger partial charge in [0.1, 0.15) is 0 Å². The standard InChI is InChI=1S/C19H40N4O4/c1-4-6-20-8-9-21(7-5-2)12-14-23(18-19(24)25)15-13-22(11-10-20)16-17-27-26-3/h4-18H2,1-3H3,(H,24,25). The van der Waals surface area contributed by atoms with Crippen molar-refractivity contribution < 1.29 is 19.7 Å². The molecule has 1 rings (SSSR count). The maximum absolute atomic E-state index is 11.2. The lowest BCUT2D eigenvalue weighted by atomic mass is 10.3. The van der Waals surface area contributed by atoms with E-state index in [1.807, 2.05) is 0 Å². The average molecular weight is 389 g/mol. The number of aliphatic carboxylic acids is 1. The van der Waals surface area contributed by atoms with Gasteiger partial charge in [0.15, 0.2) is 0 Å². The lowest BCUT2D eigenvalue weighted by Gasteiger charge is -2.33. The second kappa shape index (κ2) is 15.2. The van der Waals surface area contributed by atoms with Crippen LogP contribution in [0.2, 0.25) is 0 Å². The molecule has 0 aromatic rings. The van der Waals surface area contributed by atoms with E-state index in [2.05, 4.69) is 33.4 Å². The minimum absolute atomic E-state index is 0.102. The van der Waals surface area contributed by atoms with Crippen LogP contribution in [0.1, 0.15) is 26.7 Å². The summed E-state index contributed by atoms with van der Waals surface area (Å²) in [6, 6.07) is 0. The predicted molar refractivity (Wildman–Crippen MR) is 107 cm³/mol. The largest absolute Gasteiger partial charge is 0.480 e. The second-order valence-electron chi connectivity index (χ2n) is 7.18. The molecule has 160 valence electrons. The molecule has 0 amide bonds. The molecule has 0 aromatic heterocycles. The van der Waals surface area contributed by atoms with E-state index in [1.54, 1.807) is 0 Å². The Balaban J connectivity index is 2.74. The van der Waals surface area contributed by atoms with Gasteiger partial charge < -0.3 is 14.9 Å². The summed E-state index contributed by atoms with van der Waals surface area (Å²) in [4.78, 5) is 30.4. The van der Waals surface area contributed by atoms with Crippen LogP contribution in [0.15, 0.2) is 0 Å². The fourth-order valence-electron chi connectivity index (χ4n) is 3.48. The Morgan fingerprint density at radius 3 is 1.56 bits per heavy atom. The van der Waals surface area contributed by atoms with Crippen LogP contribution in [0.4, 0.5) is 0 Å². The van der Waals surface area contributed by atoms with Crippen molar-refractivity contribution in [3.63, 3.8) is 0 Å². The van der Waals surface area contributed by atoms with Crippen molar-refractivity contribution in [3.05, 3.63) is 0 Å². The average Bonchev–Trinajstić information content (AvgIpc) is 2.63. The van der Waals surface area contributed by atoms with Crippen LogP contribution in [0.5, 0.6) is 0 Å². The number of carboxylic acids is 1. The van der Waals surface area contributed by atoms with Gasteiger partial charge in [0.25, 0.3) is 0 Å². The molecule has 0 spiro atoms. The van der Waals surface area contributed by atoms with E-state index in [-0.39, 0.29) is 6.54 Å². The molecule has 0 unspecified atom stereocenters. The van der Waals surface area contributed by atoms with Crippen molar-refractivity contribution >= 4 is 5.97 Å². The quantitative estimate of drug-likeness (QED) is 0.333. The zero-order valence-corrected chi connectivity index (χ0v) is 17.6. The molecule has 1 fully saturated rings. The monoisotopic (exact) mass is 388 g/mol. The van der Waals surface area contributed by atoms with E-state index in [1.165, 1.54) is 7.11 Å². The van der Waals surface area contributed by atoms with Crippen molar-refractivity contribution in [2.75, 3.05) is 92.3 Å². The van der Waals surface area contributed by atoms with Crippen molar-refractivity contribution in [2.24, 2.45) is 0 Å². The first-order chi connectivity index (χ1) is 13.1. The summed E-state index contributed by atoms with van der Waals surface area (Å²) in [7, 11) is 1.52. The van der Waals surface area contributed by atoms with Gasteiger partial charge in [-0.15, -0.1) is 0 Å². The van der Waals surface area contributed by atoms with E-state index in [9.17, 15) is 9.90 Å². The van der Waals surface area contributed by atoms with Gasteiger partial charge in [-0.05, 0) is 25.9 Å². The minimum Gasteiger partial charge on any atom is -0.480 e. The van der Waals surface area contributed by atoms with Gasteiger partial charge in [0.05, 0.1) is 20.3 Å². The molecular formula is C19H40N4O4. The topological polar surface area (TPSA) is 68.7 Å². The molecule has 1 aliphatic heterocycles. The summed E-state index contributed by atoms with van der Waals surface area (Å²) >= 11 is 0. The van der Waals surface area contributed by atoms with E-state index in [0.717, 1.165) is 84.8 Å². The smallest absolute Gasteiger partial charge is 0.317 e. The number of nitrogens with zero attached hydrogens (tertiary/aromatic N) is 4. The number of carbonyl (C=O) groups is 1. The molecule has 1 N–H and O–H groups in total. The number of rotatable bonds is 10. The maximum Gasteiger partial charge on any atom is 0.317 e. The molecule has 0 aliphatic carbocycles. The van der Waals surface area contributed by atoms with Crippen molar-refractivity contribution in [1.29, 1.82) is 0 Å². The summed E-state index contributed by atoms with van der Waals surface area (Å²) in [5.74, 6) is -0.757. The zero-order valence-electron chi connectivity index (χ0n) is 17.6. The Labute approximate surface area is 164 Å². The highest BCUT2D eigenvalue weighted by Gasteiger charge is 2.17. The van der Waals surface area contributed by atoms with Crippen LogP contribution in [-0.2, 0) is 14.6 Å². The first kappa shape index (κ1) is 24.3. The molecule has 1 heterocycles. The third-order valence-electron chi connectivity index (χ3n) is 4.98. The lowest BCUT2D eigenvalue weighted by molar-refractivity contribution is -0.273. The number of hydrogen-bond acceptors (Lipinski definition) is 7. The van der Waals surface area contributed by atoms with Gasteiger partial charge in [0, 0.05) is 58.9 Å². The SMILES string of the molecule is CCCN1CCN(CCC)CCN(CC(=O)O)CCN(CCOOC)CC1. The molecule has 0 bridgehead atoms. The van der Waals surface area contributed by atoms with Crippen LogP contribution < -0.4 is 0 Å². The highest BCUT2D eigenvalue weighted by molar-refractivity contribution is 5.69. The summed E-state index contributed by atoms with van der Waals surface area (Å²) < 4.78 is 0. The Hall–Kier alpha value is -0.770.